The van der Waals surface area contributed by atoms with E-state index in [0.29, 0.717) is 37.1 Å². The number of nitrogens with one attached hydrogen (secondary N) is 1. The van der Waals surface area contributed by atoms with Crippen molar-refractivity contribution in [1.29, 1.82) is 0 Å². The summed E-state index contributed by atoms with van der Waals surface area (Å²) in [7, 11) is 0. The summed E-state index contributed by atoms with van der Waals surface area (Å²) >= 11 is 0. The van der Waals surface area contributed by atoms with Gasteiger partial charge in [-0.15, -0.1) is 0 Å². The van der Waals surface area contributed by atoms with Crippen LogP contribution < -0.4 is 10.1 Å². The summed E-state index contributed by atoms with van der Waals surface area (Å²) in [6.07, 6.45) is 5.26. The number of aromatic nitrogens is 1. The fourth-order valence-electron chi connectivity index (χ4n) is 2.45. The van der Waals surface area contributed by atoms with Gasteiger partial charge in [0.05, 0.1) is 18.5 Å². The van der Waals surface area contributed by atoms with Crippen LogP contribution in [0.25, 0.3) is 0 Å². The van der Waals surface area contributed by atoms with E-state index in [9.17, 15) is 4.79 Å². The first-order valence-corrected chi connectivity index (χ1v) is 8.95. The number of hydrogen-bond donors (Lipinski definition) is 1. The molecule has 0 saturated carbocycles. The molecule has 1 rings (SSSR count). The van der Waals surface area contributed by atoms with Gasteiger partial charge < -0.3 is 14.8 Å². The van der Waals surface area contributed by atoms with Crippen LogP contribution in [0.5, 0.6) is 5.88 Å². The van der Waals surface area contributed by atoms with Gasteiger partial charge in [0.2, 0.25) is 5.88 Å². The molecule has 1 aromatic heterocycles. The molecule has 0 aromatic carbocycles. The van der Waals surface area contributed by atoms with Crippen LogP contribution in [-0.4, -0.2) is 29.7 Å². The Bertz CT molecular complexity index is 488. The first-order valence-electron chi connectivity index (χ1n) is 8.95. The molecule has 5 heteroatoms. The SMILES string of the molecule is CCCCOc1ccc(NC(=O)[C@](C)(CC(C)C)OCCC)cn1. The third-order valence-corrected chi connectivity index (χ3v) is 3.64. The molecule has 0 radical (unpaired) electrons. The number of pyridine rings is 1. The second-order valence-electron chi connectivity index (χ2n) is 6.72. The number of carbonyl (C=O) groups excluding carboxylic acids is 1. The van der Waals surface area contributed by atoms with E-state index in [4.69, 9.17) is 9.47 Å². The van der Waals surface area contributed by atoms with Crippen LogP contribution in [0.2, 0.25) is 0 Å². The highest BCUT2D eigenvalue weighted by Crippen LogP contribution is 2.24. The van der Waals surface area contributed by atoms with Crippen molar-refractivity contribution in [2.45, 2.75) is 65.9 Å². The van der Waals surface area contributed by atoms with Gasteiger partial charge in [0.25, 0.3) is 5.91 Å². The highest BCUT2D eigenvalue weighted by molar-refractivity contribution is 5.96. The maximum atomic E-state index is 12.7. The number of rotatable bonds is 11. The van der Waals surface area contributed by atoms with Crippen LogP contribution in [0.1, 0.15) is 60.3 Å². The molecular weight excluding hydrogens is 304 g/mol. The minimum atomic E-state index is -0.833. The molecular formula is C19H32N2O3. The molecule has 5 nitrogen and oxygen atoms in total. The minimum absolute atomic E-state index is 0.133. The van der Waals surface area contributed by atoms with Gasteiger partial charge in [-0.1, -0.05) is 34.1 Å². The smallest absolute Gasteiger partial charge is 0.256 e. The van der Waals surface area contributed by atoms with E-state index in [0.717, 1.165) is 19.3 Å². The van der Waals surface area contributed by atoms with Crippen LogP contribution in [0, 0.1) is 5.92 Å². The average molecular weight is 336 g/mol. The van der Waals surface area contributed by atoms with Crippen molar-refractivity contribution in [2.24, 2.45) is 5.92 Å². The highest BCUT2D eigenvalue weighted by Gasteiger charge is 2.34. The normalized spacial score (nSPS) is 13.6. The molecule has 24 heavy (non-hydrogen) atoms. The van der Waals surface area contributed by atoms with Crippen LogP contribution in [0.4, 0.5) is 5.69 Å². The number of carbonyl (C=O) groups is 1. The van der Waals surface area contributed by atoms with Crippen molar-refractivity contribution in [2.75, 3.05) is 18.5 Å². The van der Waals surface area contributed by atoms with Crippen LogP contribution in [-0.2, 0) is 9.53 Å². The van der Waals surface area contributed by atoms with E-state index in [-0.39, 0.29) is 5.91 Å². The molecule has 0 bridgehead atoms. The van der Waals surface area contributed by atoms with Gasteiger partial charge in [-0.05, 0) is 38.2 Å². The van der Waals surface area contributed by atoms with E-state index < -0.39 is 5.60 Å². The van der Waals surface area contributed by atoms with Gasteiger partial charge in [0.1, 0.15) is 5.60 Å². The summed E-state index contributed by atoms with van der Waals surface area (Å²) in [5.41, 5.74) is -0.182. The summed E-state index contributed by atoms with van der Waals surface area (Å²) in [5, 5.41) is 2.91. The number of hydrogen-bond acceptors (Lipinski definition) is 4. The Balaban J connectivity index is 2.68. The number of anilines is 1. The maximum Gasteiger partial charge on any atom is 0.256 e. The van der Waals surface area contributed by atoms with Crippen molar-refractivity contribution in [1.82, 2.24) is 4.98 Å². The molecule has 0 saturated heterocycles. The topological polar surface area (TPSA) is 60.5 Å². The van der Waals surface area contributed by atoms with E-state index in [1.54, 1.807) is 12.3 Å². The largest absolute Gasteiger partial charge is 0.478 e. The number of amides is 1. The Labute approximate surface area is 146 Å². The molecule has 1 aromatic rings. The lowest BCUT2D eigenvalue weighted by Crippen LogP contribution is -2.44. The quantitative estimate of drug-likeness (QED) is 0.607. The maximum absolute atomic E-state index is 12.7. The van der Waals surface area contributed by atoms with Gasteiger partial charge in [-0.3, -0.25) is 4.79 Å². The Hall–Kier alpha value is -1.62. The molecule has 1 heterocycles. The van der Waals surface area contributed by atoms with E-state index in [1.165, 1.54) is 0 Å². The van der Waals surface area contributed by atoms with E-state index in [2.05, 4.69) is 31.1 Å². The highest BCUT2D eigenvalue weighted by atomic mass is 16.5. The molecule has 0 unspecified atom stereocenters. The lowest BCUT2D eigenvalue weighted by molar-refractivity contribution is -0.141. The molecule has 0 fully saturated rings. The minimum Gasteiger partial charge on any atom is -0.478 e. The zero-order valence-electron chi connectivity index (χ0n) is 15.7. The van der Waals surface area contributed by atoms with Crippen LogP contribution >= 0.6 is 0 Å². The number of unbranched alkanes of at least 4 members (excludes halogenated alkanes) is 1. The average Bonchev–Trinajstić information content (AvgIpc) is 2.54. The van der Waals surface area contributed by atoms with Crippen molar-refractivity contribution in [3.63, 3.8) is 0 Å². The molecule has 0 spiro atoms. The third kappa shape index (κ3) is 6.87. The van der Waals surface area contributed by atoms with Gasteiger partial charge in [0.15, 0.2) is 0 Å². The van der Waals surface area contributed by atoms with Crippen molar-refractivity contribution < 1.29 is 14.3 Å². The van der Waals surface area contributed by atoms with Gasteiger partial charge in [-0.2, -0.15) is 0 Å². The molecule has 1 N–H and O–H groups in total. The van der Waals surface area contributed by atoms with Crippen LogP contribution in [0.15, 0.2) is 18.3 Å². The van der Waals surface area contributed by atoms with Gasteiger partial charge in [0, 0.05) is 12.7 Å². The predicted octanol–water partition coefficient (Wildman–Crippen LogP) is 4.43. The lowest BCUT2D eigenvalue weighted by Gasteiger charge is -2.30. The molecule has 1 atom stereocenters. The summed E-state index contributed by atoms with van der Waals surface area (Å²) in [6, 6.07) is 3.58. The van der Waals surface area contributed by atoms with E-state index >= 15 is 0 Å². The molecule has 136 valence electrons. The first-order chi connectivity index (χ1) is 11.4. The molecule has 0 aliphatic carbocycles. The predicted molar refractivity (Wildman–Crippen MR) is 97.4 cm³/mol. The Kier molecular flexibility index (Phi) is 8.76. The summed E-state index contributed by atoms with van der Waals surface area (Å²) in [6.45, 7) is 11.4. The molecule has 0 aliphatic heterocycles. The van der Waals surface area contributed by atoms with E-state index in [1.807, 2.05) is 19.9 Å². The number of ether oxygens (including phenoxy) is 2. The third-order valence-electron chi connectivity index (χ3n) is 3.64. The van der Waals surface area contributed by atoms with Gasteiger partial charge in [-0.25, -0.2) is 4.98 Å². The summed E-state index contributed by atoms with van der Waals surface area (Å²) in [4.78, 5) is 16.9. The van der Waals surface area contributed by atoms with Crippen molar-refractivity contribution >= 4 is 11.6 Å². The zero-order valence-corrected chi connectivity index (χ0v) is 15.7. The van der Waals surface area contributed by atoms with Crippen LogP contribution in [0.3, 0.4) is 0 Å². The Morgan fingerprint density at radius 2 is 2.00 bits per heavy atom. The molecule has 0 aliphatic rings. The fourth-order valence-corrected chi connectivity index (χ4v) is 2.45. The second-order valence-corrected chi connectivity index (χ2v) is 6.72. The Morgan fingerprint density at radius 1 is 1.25 bits per heavy atom. The fraction of sp³-hybridized carbons (Fsp3) is 0.684. The summed E-state index contributed by atoms with van der Waals surface area (Å²) in [5.74, 6) is 0.810. The van der Waals surface area contributed by atoms with Crippen molar-refractivity contribution in [3.05, 3.63) is 18.3 Å². The number of nitrogens with zero attached hydrogens (tertiary/aromatic N) is 1. The molecule has 1 amide bonds. The first kappa shape index (κ1) is 20.4. The zero-order chi connectivity index (χ0) is 18.0. The summed E-state index contributed by atoms with van der Waals surface area (Å²) < 4.78 is 11.4. The monoisotopic (exact) mass is 336 g/mol. The standard InChI is InChI=1S/C19H32N2O3/c1-6-8-12-23-17-10-9-16(14-20-17)21-18(22)19(5,13-15(3)4)24-11-7-2/h9-10,14-15H,6-8,11-13H2,1-5H3,(H,21,22)/t19-/m0/s1. The lowest BCUT2D eigenvalue weighted by atomic mass is 9.93. The Morgan fingerprint density at radius 3 is 2.54 bits per heavy atom. The van der Waals surface area contributed by atoms with Gasteiger partial charge >= 0.3 is 0 Å². The van der Waals surface area contributed by atoms with Crippen molar-refractivity contribution in [3.8, 4) is 5.88 Å². The second kappa shape index (κ2) is 10.3.